The maximum atomic E-state index is 11.6. The molecule has 1 saturated carbocycles. The number of aliphatic hydroxyl groups excluding tert-OH is 1. The van der Waals surface area contributed by atoms with Crippen molar-refractivity contribution in [2.75, 3.05) is 7.11 Å². The summed E-state index contributed by atoms with van der Waals surface area (Å²) in [6.07, 6.45) is 19.7. The van der Waals surface area contributed by atoms with Crippen molar-refractivity contribution in [1.29, 1.82) is 0 Å². The van der Waals surface area contributed by atoms with Gasteiger partial charge >= 0.3 is 5.97 Å². The Kier molecular flexibility index (Phi) is 19.0. The molecule has 1 fully saturated rings. The summed E-state index contributed by atoms with van der Waals surface area (Å²) in [4.78, 5) is 11.6. The quantitative estimate of drug-likeness (QED) is 0.237. The van der Waals surface area contributed by atoms with Gasteiger partial charge in [0.25, 0.3) is 0 Å². The summed E-state index contributed by atoms with van der Waals surface area (Å²) in [5.74, 6) is 2.35. The fraction of sp³-hybridized carbons (Fsp3) is 0.800. The number of hydrogen-bond donors (Lipinski definition) is 1. The molecule has 0 aromatic heterocycles. The molecule has 0 heterocycles. The second kappa shape index (κ2) is 19.7. The maximum absolute atomic E-state index is 11.6. The molecule has 222 valence electrons. The first-order valence-electron chi connectivity index (χ1n) is 15.6. The van der Waals surface area contributed by atoms with E-state index in [2.05, 4.69) is 73.6 Å². The first kappa shape index (κ1) is 36.6. The number of methoxy groups -OCH3 is 1. The van der Waals surface area contributed by atoms with Gasteiger partial charge in [0.15, 0.2) is 0 Å². The van der Waals surface area contributed by atoms with Crippen molar-refractivity contribution in [3.05, 3.63) is 34.9 Å². The van der Waals surface area contributed by atoms with Crippen LogP contribution >= 0.6 is 0 Å². The lowest BCUT2D eigenvalue weighted by molar-refractivity contribution is -0.154. The van der Waals surface area contributed by atoms with Crippen LogP contribution in [0.3, 0.4) is 0 Å². The third kappa shape index (κ3) is 14.2. The number of esters is 1. The molecule has 2 rings (SSSR count). The Balaban J connectivity index is 0.000000543. The number of rotatable bonds is 9. The topological polar surface area (TPSA) is 46.5 Å². The molecule has 0 spiro atoms. The van der Waals surface area contributed by atoms with Gasteiger partial charge in [0.1, 0.15) is 0 Å². The Hall–Kier alpha value is -1.35. The molecule has 0 amide bonds. The summed E-state index contributed by atoms with van der Waals surface area (Å²) < 4.78 is 4.84. The first-order valence-corrected chi connectivity index (χ1v) is 15.6. The minimum absolute atomic E-state index is 0.0244. The maximum Gasteiger partial charge on any atom is 0.311 e. The molecule has 38 heavy (non-hydrogen) atoms. The van der Waals surface area contributed by atoms with Crippen LogP contribution < -0.4 is 0 Å². The van der Waals surface area contributed by atoms with Gasteiger partial charge in [-0.2, -0.15) is 0 Å². The van der Waals surface area contributed by atoms with Crippen molar-refractivity contribution in [3.63, 3.8) is 0 Å². The van der Waals surface area contributed by atoms with Crippen molar-refractivity contribution in [2.45, 2.75) is 146 Å². The molecule has 1 N–H and O–H groups in total. The zero-order valence-electron chi connectivity index (χ0n) is 27.2. The van der Waals surface area contributed by atoms with Crippen molar-refractivity contribution in [3.8, 4) is 0 Å². The second-order valence-electron chi connectivity index (χ2n) is 12.7. The summed E-state index contributed by atoms with van der Waals surface area (Å²) in [6, 6.07) is 0. The molecule has 0 radical (unpaired) electrons. The normalized spacial score (nSPS) is 25.2. The molecular weight excluding hydrogens is 468 g/mol. The lowest BCUT2D eigenvalue weighted by atomic mass is 9.72. The molecule has 2 aliphatic carbocycles. The predicted octanol–water partition coefficient (Wildman–Crippen LogP) is 10.2. The van der Waals surface area contributed by atoms with Gasteiger partial charge in [-0.05, 0) is 116 Å². The monoisotopic (exact) mass is 532 g/mol. The highest BCUT2D eigenvalue weighted by molar-refractivity contribution is 5.76. The zero-order chi connectivity index (χ0) is 29.3. The van der Waals surface area contributed by atoms with Gasteiger partial charge in [0.2, 0.25) is 0 Å². The zero-order valence-corrected chi connectivity index (χ0v) is 27.2. The van der Waals surface area contributed by atoms with E-state index in [1.165, 1.54) is 68.8 Å². The van der Waals surface area contributed by atoms with Crippen LogP contribution in [0, 0.1) is 29.1 Å². The van der Waals surface area contributed by atoms with Gasteiger partial charge in [-0.1, -0.05) is 82.4 Å². The highest BCUT2D eigenvalue weighted by atomic mass is 16.5. The average molecular weight is 533 g/mol. The standard InChI is InChI=1S/C12H20O2.C12H22.C11H22O/c1-9-5-7-10(8-6-9)12(2,3)11(13)14-4;1-5-8-12(4)10-7-9-11(3)6-2;1-4-9(3)10-6-5-8(2)7-11(10)12/h5,10H,6-8H2,1-4H3;8-9H,5-7,10H2,1-4H3;8-12H,4-7H2,1-3H3/b;11-9-,12-8-;/t;;8-,9?,10+,11-/m..1/s1. The number of aliphatic hydroxyl groups is 1. The van der Waals surface area contributed by atoms with Gasteiger partial charge in [0.05, 0.1) is 18.6 Å². The smallest absolute Gasteiger partial charge is 0.311 e. The van der Waals surface area contributed by atoms with Gasteiger partial charge < -0.3 is 9.84 Å². The Labute approximate surface area is 237 Å². The number of carbonyl (C=O) groups is 1. The van der Waals surface area contributed by atoms with Crippen LogP contribution in [-0.2, 0) is 9.53 Å². The molecule has 0 saturated heterocycles. The number of allylic oxidation sites excluding steroid dienone is 6. The fourth-order valence-electron chi connectivity index (χ4n) is 5.53. The predicted molar refractivity (Wildman–Crippen MR) is 166 cm³/mol. The first-order chi connectivity index (χ1) is 17.8. The minimum Gasteiger partial charge on any atom is -0.469 e. The lowest BCUT2D eigenvalue weighted by Gasteiger charge is -2.35. The van der Waals surface area contributed by atoms with E-state index in [0.29, 0.717) is 17.8 Å². The van der Waals surface area contributed by atoms with Crippen LogP contribution in [0.5, 0.6) is 0 Å². The largest absolute Gasteiger partial charge is 0.469 e. The van der Waals surface area contributed by atoms with Crippen LogP contribution in [-0.4, -0.2) is 24.3 Å². The molecule has 2 unspecified atom stereocenters. The van der Waals surface area contributed by atoms with E-state index in [1.807, 2.05) is 13.8 Å². The summed E-state index contributed by atoms with van der Waals surface area (Å²) in [6.45, 7) is 21.7. The lowest BCUT2D eigenvalue weighted by Crippen LogP contribution is -2.34. The minimum atomic E-state index is -0.341. The van der Waals surface area contributed by atoms with Gasteiger partial charge in [-0.15, -0.1) is 0 Å². The van der Waals surface area contributed by atoms with Crippen LogP contribution in [0.25, 0.3) is 0 Å². The number of hydrogen-bond acceptors (Lipinski definition) is 3. The summed E-state index contributed by atoms with van der Waals surface area (Å²) in [7, 11) is 1.47. The van der Waals surface area contributed by atoms with Crippen molar-refractivity contribution in [1.82, 2.24) is 0 Å². The molecule has 2 aliphatic rings. The van der Waals surface area contributed by atoms with E-state index in [1.54, 1.807) is 0 Å². The van der Waals surface area contributed by atoms with E-state index in [4.69, 9.17) is 4.74 Å². The fourth-order valence-corrected chi connectivity index (χ4v) is 5.53. The van der Waals surface area contributed by atoms with Crippen LogP contribution in [0.4, 0.5) is 0 Å². The molecule has 0 aromatic carbocycles. The molecule has 0 aliphatic heterocycles. The van der Waals surface area contributed by atoms with E-state index >= 15 is 0 Å². The van der Waals surface area contributed by atoms with Crippen LogP contribution in [0.2, 0.25) is 0 Å². The Morgan fingerprint density at radius 1 is 1.13 bits per heavy atom. The molecule has 0 aromatic rings. The molecular formula is C35H64O3. The van der Waals surface area contributed by atoms with Crippen molar-refractivity contribution < 1.29 is 14.6 Å². The van der Waals surface area contributed by atoms with E-state index in [0.717, 1.165) is 31.6 Å². The second-order valence-corrected chi connectivity index (χ2v) is 12.7. The summed E-state index contributed by atoms with van der Waals surface area (Å²) >= 11 is 0. The highest BCUT2D eigenvalue weighted by Crippen LogP contribution is 2.38. The van der Waals surface area contributed by atoms with E-state index in [-0.39, 0.29) is 17.5 Å². The summed E-state index contributed by atoms with van der Waals surface area (Å²) in [5.41, 5.74) is 4.14. The van der Waals surface area contributed by atoms with Crippen LogP contribution in [0.15, 0.2) is 34.9 Å². The molecule has 0 bridgehead atoms. The number of ether oxygens (including phenoxy) is 1. The highest BCUT2D eigenvalue weighted by Gasteiger charge is 2.37. The van der Waals surface area contributed by atoms with Gasteiger partial charge in [-0.25, -0.2) is 0 Å². The molecule has 5 atom stereocenters. The molecule has 3 nitrogen and oxygen atoms in total. The van der Waals surface area contributed by atoms with Crippen molar-refractivity contribution in [2.24, 2.45) is 29.1 Å². The van der Waals surface area contributed by atoms with E-state index < -0.39 is 0 Å². The number of carbonyl (C=O) groups excluding carboxylic acids is 1. The van der Waals surface area contributed by atoms with Crippen LogP contribution in [0.1, 0.15) is 140 Å². The molecule has 3 heteroatoms. The third-order valence-corrected chi connectivity index (χ3v) is 9.02. The van der Waals surface area contributed by atoms with E-state index in [9.17, 15) is 9.90 Å². The SMILES string of the molecule is CC/C=C(/C)CC/C=C(/C)CC.CCC(C)[C@@H]1CC[C@@H](C)C[C@H]1O.COC(=O)C(C)(C)C1CC=C(C)CC1. The van der Waals surface area contributed by atoms with Gasteiger partial charge in [-0.3, -0.25) is 4.79 Å². The summed E-state index contributed by atoms with van der Waals surface area (Å²) in [5, 5.41) is 9.84. The Morgan fingerprint density at radius 3 is 2.26 bits per heavy atom. The third-order valence-electron chi connectivity index (χ3n) is 9.02. The Morgan fingerprint density at radius 2 is 1.79 bits per heavy atom. The average Bonchev–Trinajstić information content (AvgIpc) is 2.88. The Bertz CT molecular complexity index is 742. The van der Waals surface area contributed by atoms with Crippen molar-refractivity contribution >= 4 is 5.97 Å². The van der Waals surface area contributed by atoms with Gasteiger partial charge in [0, 0.05) is 0 Å².